The first-order chi connectivity index (χ1) is 23.2. The molecular weight excluding hydrogens is 611 g/mol. The van der Waals surface area contributed by atoms with Gasteiger partial charge in [0.15, 0.2) is 11.5 Å². The molecule has 0 radical (unpaired) electrons. The van der Waals surface area contributed by atoms with Crippen LogP contribution in [0, 0.1) is 18.7 Å². The van der Waals surface area contributed by atoms with E-state index in [4.69, 9.17) is 19.9 Å². The number of carbonyl (C=O) groups excluding carboxylic acids is 1. The minimum atomic E-state index is -0.584. The lowest BCUT2D eigenvalue weighted by molar-refractivity contribution is 0.0612. The number of aryl methyl sites for hydroxylation is 1. The summed E-state index contributed by atoms with van der Waals surface area (Å²) in [5.41, 5.74) is 10.4. The van der Waals surface area contributed by atoms with Crippen molar-refractivity contribution in [1.29, 1.82) is 0 Å². The third-order valence-corrected chi connectivity index (χ3v) is 8.64. The number of nitrogen functional groups attached to an aromatic ring is 1. The Hall–Kier alpha value is -5.48. The molecule has 6 rings (SSSR count). The van der Waals surface area contributed by atoms with E-state index in [0.717, 1.165) is 35.1 Å². The molecule has 246 valence electrons. The second-order valence-electron chi connectivity index (χ2n) is 11.9. The highest BCUT2D eigenvalue weighted by molar-refractivity contribution is 6.04. The fourth-order valence-corrected chi connectivity index (χ4v) is 5.97. The molecule has 0 spiro atoms. The van der Waals surface area contributed by atoms with Gasteiger partial charge in [0.05, 0.1) is 14.2 Å². The molecule has 1 saturated heterocycles. The Labute approximate surface area is 278 Å². The van der Waals surface area contributed by atoms with Crippen molar-refractivity contribution in [2.45, 2.75) is 26.3 Å². The summed E-state index contributed by atoms with van der Waals surface area (Å²) in [6.07, 6.45) is 6.63. The number of hydrogen-bond donors (Lipinski definition) is 2. The molecule has 3 N–H and O–H groups in total. The van der Waals surface area contributed by atoms with Crippen molar-refractivity contribution in [2.75, 3.05) is 38.5 Å². The molecule has 10 heteroatoms. The van der Waals surface area contributed by atoms with Gasteiger partial charge in [-0.05, 0) is 78.8 Å². The normalized spacial score (nSPS) is 13.2. The third kappa shape index (κ3) is 6.94. The smallest absolute Gasteiger partial charge is 0.261 e. The number of aromatic nitrogens is 2. The summed E-state index contributed by atoms with van der Waals surface area (Å²) >= 11 is 0. The number of rotatable bonds is 9. The van der Waals surface area contributed by atoms with Crippen LogP contribution < -0.4 is 26.0 Å². The van der Waals surface area contributed by atoms with Crippen LogP contribution in [-0.2, 0) is 11.3 Å². The Morgan fingerprint density at radius 2 is 1.65 bits per heavy atom. The number of methoxy groups -OCH3 is 2. The van der Waals surface area contributed by atoms with Gasteiger partial charge in [-0.15, -0.1) is 0 Å². The van der Waals surface area contributed by atoms with Gasteiger partial charge in [0, 0.05) is 66.3 Å². The molecule has 3 heterocycles. The maximum absolute atomic E-state index is 15.1. The Balaban J connectivity index is 1.28. The molecule has 0 aliphatic carbocycles. The minimum Gasteiger partial charge on any atom is -0.493 e. The molecule has 0 saturated carbocycles. The first kappa shape index (κ1) is 32.5. The van der Waals surface area contributed by atoms with Crippen LogP contribution in [0.4, 0.5) is 15.9 Å². The molecule has 1 amide bonds. The summed E-state index contributed by atoms with van der Waals surface area (Å²) in [7, 11) is 3.17. The zero-order valence-corrected chi connectivity index (χ0v) is 27.1. The maximum Gasteiger partial charge on any atom is 0.261 e. The molecule has 9 nitrogen and oxygen atoms in total. The van der Waals surface area contributed by atoms with Gasteiger partial charge in [0.1, 0.15) is 17.2 Å². The van der Waals surface area contributed by atoms with Crippen molar-refractivity contribution < 1.29 is 23.4 Å². The van der Waals surface area contributed by atoms with Gasteiger partial charge in [-0.1, -0.05) is 30.3 Å². The summed E-state index contributed by atoms with van der Waals surface area (Å²) in [5, 5.41) is 2.85. The van der Waals surface area contributed by atoms with E-state index in [1.165, 1.54) is 6.07 Å². The van der Waals surface area contributed by atoms with E-state index < -0.39 is 17.2 Å². The highest BCUT2D eigenvalue weighted by Gasteiger charge is 2.21. The molecule has 1 aliphatic rings. The van der Waals surface area contributed by atoms with Crippen LogP contribution in [0.3, 0.4) is 0 Å². The number of anilines is 2. The fraction of sp³-hybridized carbons (Fsp3) is 0.237. The lowest BCUT2D eigenvalue weighted by Gasteiger charge is -2.23. The van der Waals surface area contributed by atoms with E-state index in [2.05, 4.69) is 10.3 Å². The number of nitrogens with one attached hydrogen (secondary N) is 1. The zero-order valence-electron chi connectivity index (χ0n) is 27.1. The first-order valence-electron chi connectivity index (χ1n) is 15.7. The van der Waals surface area contributed by atoms with Crippen molar-refractivity contribution in [1.82, 2.24) is 9.55 Å². The monoisotopic (exact) mass is 648 g/mol. The van der Waals surface area contributed by atoms with Gasteiger partial charge in [0.2, 0.25) is 5.43 Å². The molecule has 5 aromatic rings. The quantitative estimate of drug-likeness (QED) is 0.177. The summed E-state index contributed by atoms with van der Waals surface area (Å²) in [6, 6.07) is 19.4. The second-order valence-corrected chi connectivity index (χ2v) is 11.9. The van der Waals surface area contributed by atoms with Gasteiger partial charge < -0.3 is 29.8 Å². The topological polar surface area (TPSA) is 118 Å². The number of hydrogen-bond acceptors (Lipinski definition) is 7. The number of benzene rings is 3. The average molecular weight is 649 g/mol. The molecule has 0 atom stereocenters. The van der Waals surface area contributed by atoms with E-state index in [1.54, 1.807) is 64.0 Å². The maximum atomic E-state index is 15.1. The van der Waals surface area contributed by atoms with E-state index in [-0.39, 0.29) is 16.7 Å². The minimum absolute atomic E-state index is 0.0697. The Morgan fingerprint density at radius 3 is 2.35 bits per heavy atom. The lowest BCUT2D eigenvalue weighted by Crippen LogP contribution is -2.27. The highest BCUT2D eigenvalue weighted by atomic mass is 19.1. The van der Waals surface area contributed by atoms with Crippen molar-refractivity contribution in [3.05, 3.63) is 112 Å². The van der Waals surface area contributed by atoms with Gasteiger partial charge in [-0.3, -0.25) is 9.59 Å². The third-order valence-electron chi connectivity index (χ3n) is 8.64. The second kappa shape index (κ2) is 14.1. The van der Waals surface area contributed by atoms with E-state index in [1.807, 2.05) is 41.0 Å². The van der Waals surface area contributed by atoms with Gasteiger partial charge >= 0.3 is 0 Å². The van der Waals surface area contributed by atoms with E-state index in [0.29, 0.717) is 54.2 Å². The number of ether oxygens (including phenoxy) is 3. The number of halogens is 1. The summed E-state index contributed by atoms with van der Waals surface area (Å²) in [5.74, 6) is 0.781. The van der Waals surface area contributed by atoms with Crippen LogP contribution in [0.25, 0.3) is 33.4 Å². The lowest BCUT2D eigenvalue weighted by atomic mass is 9.99. The molecule has 3 aromatic carbocycles. The van der Waals surface area contributed by atoms with E-state index in [9.17, 15) is 9.59 Å². The molecule has 2 aromatic heterocycles. The van der Waals surface area contributed by atoms with Crippen LogP contribution in [0.5, 0.6) is 11.5 Å². The van der Waals surface area contributed by atoms with Crippen LogP contribution in [-0.4, -0.2) is 42.9 Å². The van der Waals surface area contributed by atoms with E-state index >= 15 is 4.39 Å². The number of pyridine rings is 2. The Morgan fingerprint density at radius 1 is 0.917 bits per heavy atom. The van der Waals surface area contributed by atoms with Crippen molar-refractivity contribution in [3.8, 4) is 44.9 Å². The highest BCUT2D eigenvalue weighted by Crippen LogP contribution is 2.35. The molecular formula is C38H37FN4O5. The summed E-state index contributed by atoms with van der Waals surface area (Å²) < 4.78 is 33.2. The van der Waals surface area contributed by atoms with Crippen LogP contribution in [0.1, 0.15) is 28.8 Å². The zero-order chi connectivity index (χ0) is 33.8. The SMILES string of the molecule is COc1ccc(-c2cnc(N)c(-c3ccc(NC(=O)c4cn(CC5CCOCC5)cc(-c5ccc(C)cc5F)c4=O)cc3)c2)cc1OC. The number of carbonyl (C=O) groups is 1. The standard InChI is InChI=1S/C38H37FN4O5/c1-23-4-10-29(33(39)16-23)31-21-43(20-24-12-14-48-15-13-24)22-32(36(31)44)38(45)42-28-8-5-25(6-9-28)30-17-27(19-41-37(30)40)26-7-11-34(46-2)35(18-26)47-3/h4-11,16-19,21-22,24H,12-15,20H2,1-3H3,(H2,40,41)(H,42,45). The van der Waals surface area contributed by atoms with Gasteiger partial charge in [-0.2, -0.15) is 0 Å². The average Bonchev–Trinajstić information content (AvgIpc) is 3.10. The van der Waals surface area contributed by atoms with Crippen LogP contribution in [0.2, 0.25) is 0 Å². The molecule has 0 bridgehead atoms. The number of nitrogens with zero attached hydrogens (tertiary/aromatic N) is 2. The van der Waals surface area contributed by atoms with Crippen molar-refractivity contribution in [2.24, 2.45) is 5.92 Å². The van der Waals surface area contributed by atoms with Gasteiger partial charge in [-0.25, -0.2) is 9.37 Å². The molecule has 48 heavy (non-hydrogen) atoms. The number of amides is 1. The molecule has 1 aliphatic heterocycles. The Kier molecular flexibility index (Phi) is 9.54. The molecule has 0 unspecified atom stereocenters. The van der Waals surface area contributed by atoms with Crippen molar-refractivity contribution in [3.63, 3.8) is 0 Å². The predicted molar refractivity (Wildman–Crippen MR) is 185 cm³/mol. The largest absolute Gasteiger partial charge is 0.493 e. The fourth-order valence-electron chi connectivity index (χ4n) is 5.97. The van der Waals surface area contributed by atoms with Crippen LogP contribution >= 0.6 is 0 Å². The molecule has 1 fully saturated rings. The van der Waals surface area contributed by atoms with Crippen molar-refractivity contribution >= 4 is 17.4 Å². The number of nitrogens with two attached hydrogens (primary N) is 1. The summed E-state index contributed by atoms with van der Waals surface area (Å²) in [6.45, 7) is 3.69. The summed E-state index contributed by atoms with van der Waals surface area (Å²) in [4.78, 5) is 31.7. The first-order valence-corrected chi connectivity index (χ1v) is 15.7. The predicted octanol–water partition coefficient (Wildman–Crippen LogP) is 6.97. The van der Waals surface area contributed by atoms with Gasteiger partial charge in [0.25, 0.3) is 5.91 Å². The Bertz CT molecular complexity index is 2020. The van der Waals surface area contributed by atoms with Crippen LogP contribution in [0.15, 0.2) is 90.1 Å².